The summed E-state index contributed by atoms with van der Waals surface area (Å²) in [6.07, 6.45) is 1.69. The molecule has 0 N–H and O–H groups in total. The highest BCUT2D eigenvalue weighted by Crippen LogP contribution is 2.31. The Balaban J connectivity index is 1.94. The van der Waals surface area contributed by atoms with Gasteiger partial charge in [0.05, 0.1) is 6.54 Å². The molecule has 0 aliphatic rings. The Kier molecular flexibility index (Phi) is 4.37. The molecule has 0 fully saturated rings. The third kappa shape index (κ3) is 2.92. The number of hydrogen-bond donors (Lipinski definition) is 0. The molecule has 0 radical (unpaired) electrons. The van der Waals surface area contributed by atoms with Crippen molar-refractivity contribution in [2.75, 3.05) is 7.05 Å². The number of rotatable bonds is 4. The van der Waals surface area contributed by atoms with Gasteiger partial charge in [0.2, 0.25) is 0 Å². The summed E-state index contributed by atoms with van der Waals surface area (Å²) in [5.74, 6) is 1.00. The maximum atomic E-state index is 12.9. The first-order chi connectivity index (χ1) is 11.8. The molecule has 2 heterocycles. The van der Waals surface area contributed by atoms with Gasteiger partial charge < -0.3 is 13.9 Å². The second-order valence-corrected chi connectivity index (χ2v) is 6.87. The smallest absolute Gasteiger partial charge is 0.290 e. The minimum Gasteiger partial charge on any atom is -0.450 e. The molecule has 0 saturated carbocycles. The van der Waals surface area contributed by atoms with Gasteiger partial charge in [-0.3, -0.25) is 4.79 Å². The van der Waals surface area contributed by atoms with Gasteiger partial charge in [-0.15, -0.1) is 10.2 Å². The molecule has 3 rings (SSSR count). The van der Waals surface area contributed by atoms with Crippen LogP contribution >= 0.6 is 0 Å². The highest BCUT2D eigenvalue weighted by atomic mass is 16.3. The summed E-state index contributed by atoms with van der Waals surface area (Å²) in [5.41, 5.74) is 3.83. The van der Waals surface area contributed by atoms with E-state index in [1.54, 1.807) is 18.3 Å². The maximum absolute atomic E-state index is 12.9. The monoisotopic (exact) mass is 340 g/mol. The van der Waals surface area contributed by atoms with E-state index in [-0.39, 0.29) is 11.9 Å². The van der Waals surface area contributed by atoms with Crippen molar-refractivity contribution in [1.29, 1.82) is 0 Å². The highest BCUT2D eigenvalue weighted by molar-refractivity contribution is 6.00. The summed E-state index contributed by atoms with van der Waals surface area (Å²) >= 11 is 0. The molecule has 1 amide bonds. The van der Waals surface area contributed by atoms with Crippen LogP contribution in [-0.2, 0) is 6.54 Å². The lowest BCUT2D eigenvalue weighted by Gasteiger charge is -2.17. The van der Waals surface area contributed by atoms with Crippen LogP contribution in [0, 0.1) is 20.8 Å². The quantitative estimate of drug-likeness (QED) is 0.724. The van der Waals surface area contributed by atoms with Crippen LogP contribution in [0.1, 0.15) is 53.0 Å². The molecule has 132 valence electrons. The number of aromatic nitrogens is 3. The summed E-state index contributed by atoms with van der Waals surface area (Å²) in [6.45, 7) is 10.5. The number of amides is 1. The molecule has 6 heteroatoms. The molecule has 25 heavy (non-hydrogen) atoms. The molecule has 2 aromatic heterocycles. The summed E-state index contributed by atoms with van der Waals surface area (Å²) in [6, 6.07) is 4.32. The predicted octanol–water partition coefficient (Wildman–Crippen LogP) is 3.80. The zero-order valence-corrected chi connectivity index (χ0v) is 15.6. The second-order valence-electron chi connectivity index (χ2n) is 6.87. The van der Waals surface area contributed by atoms with Crippen LogP contribution in [-0.4, -0.2) is 32.6 Å². The summed E-state index contributed by atoms with van der Waals surface area (Å²) in [7, 11) is 1.76. The molecule has 0 aliphatic heterocycles. The predicted molar refractivity (Wildman–Crippen MR) is 96.6 cm³/mol. The van der Waals surface area contributed by atoms with Gasteiger partial charge in [-0.05, 0) is 45.7 Å². The Hall–Kier alpha value is -2.63. The lowest BCUT2D eigenvalue weighted by atomic mass is 10.0. The van der Waals surface area contributed by atoms with Crippen molar-refractivity contribution >= 4 is 16.9 Å². The SMILES string of the molecule is Cc1ccc(C)c2c(C)c(C(=O)N(C)Cc3nncn3C(C)C)oc12. The summed E-state index contributed by atoms with van der Waals surface area (Å²) in [5, 5.41) is 9.12. The van der Waals surface area contributed by atoms with Crippen LogP contribution < -0.4 is 0 Å². The van der Waals surface area contributed by atoms with Crippen molar-refractivity contribution in [3.05, 3.63) is 46.7 Å². The lowest BCUT2D eigenvalue weighted by molar-refractivity contribution is 0.0749. The van der Waals surface area contributed by atoms with Crippen LogP contribution in [0.25, 0.3) is 11.0 Å². The number of carbonyl (C=O) groups excluding carboxylic acids is 1. The van der Waals surface area contributed by atoms with E-state index in [2.05, 4.69) is 30.1 Å². The lowest BCUT2D eigenvalue weighted by Crippen LogP contribution is -2.28. The molecule has 0 aliphatic carbocycles. The first-order valence-corrected chi connectivity index (χ1v) is 8.44. The number of nitrogens with zero attached hydrogens (tertiary/aromatic N) is 4. The van der Waals surface area contributed by atoms with Crippen molar-refractivity contribution in [3.8, 4) is 0 Å². The largest absolute Gasteiger partial charge is 0.450 e. The van der Waals surface area contributed by atoms with Gasteiger partial charge in [-0.2, -0.15) is 0 Å². The van der Waals surface area contributed by atoms with E-state index in [0.717, 1.165) is 33.5 Å². The van der Waals surface area contributed by atoms with Gasteiger partial charge in [0.1, 0.15) is 11.9 Å². The number of carbonyl (C=O) groups is 1. The Morgan fingerprint density at radius 2 is 1.92 bits per heavy atom. The Morgan fingerprint density at radius 1 is 1.24 bits per heavy atom. The molecular weight excluding hydrogens is 316 g/mol. The van der Waals surface area contributed by atoms with E-state index in [1.807, 2.05) is 31.4 Å². The molecule has 3 aromatic rings. The average molecular weight is 340 g/mol. The van der Waals surface area contributed by atoms with Crippen LogP contribution in [0.4, 0.5) is 0 Å². The fraction of sp³-hybridized carbons (Fsp3) is 0.421. The van der Waals surface area contributed by atoms with Crippen LogP contribution in [0.5, 0.6) is 0 Å². The normalized spacial score (nSPS) is 11.5. The molecule has 0 spiro atoms. The fourth-order valence-electron chi connectivity index (χ4n) is 3.15. The van der Waals surface area contributed by atoms with Crippen LogP contribution in [0.15, 0.2) is 22.9 Å². The van der Waals surface area contributed by atoms with Crippen molar-refractivity contribution < 1.29 is 9.21 Å². The first kappa shape index (κ1) is 17.2. The van der Waals surface area contributed by atoms with E-state index in [9.17, 15) is 4.79 Å². The van der Waals surface area contributed by atoms with Gasteiger partial charge in [-0.1, -0.05) is 12.1 Å². The standard InChI is InChI=1S/C19H24N4O2/c1-11(2)23-10-20-21-15(23)9-22(6)19(24)18-14(5)16-12(3)7-8-13(4)17(16)25-18/h7-8,10-11H,9H2,1-6H3. The minimum absolute atomic E-state index is 0.147. The number of benzene rings is 1. The molecule has 1 aromatic carbocycles. The van der Waals surface area contributed by atoms with Gasteiger partial charge in [0.25, 0.3) is 5.91 Å². The maximum Gasteiger partial charge on any atom is 0.290 e. The molecule has 6 nitrogen and oxygen atoms in total. The van der Waals surface area contributed by atoms with Gasteiger partial charge in [0, 0.05) is 24.0 Å². The Bertz CT molecular complexity index is 936. The average Bonchev–Trinajstić information content (AvgIpc) is 3.15. The van der Waals surface area contributed by atoms with E-state index >= 15 is 0 Å². The Labute approximate surface area is 147 Å². The molecule has 0 bridgehead atoms. The fourth-order valence-corrected chi connectivity index (χ4v) is 3.15. The zero-order valence-electron chi connectivity index (χ0n) is 15.6. The van der Waals surface area contributed by atoms with E-state index in [1.165, 1.54) is 0 Å². The first-order valence-electron chi connectivity index (χ1n) is 8.44. The third-order valence-electron chi connectivity index (χ3n) is 4.61. The number of fused-ring (bicyclic) bond motifs is 1. The van der Waals surface area contributed by atoms with Crippen molar-refractivity contribution in [3.63, 3.8) is 0 Å². The van der Waals surface area contributed by atoms with Crippen molar-refractivity contribution in [2.24, 2.45) is 0 Å². The molecule has 0 saturated heterocycles. The minimum atomic E-state index is -0.147. The van der Waals surface area contributed by atoms with E-state index in [4.69, 9.17) is 4.42 Å². The van der Waals surface area contributed by atoms with Crippen LogP contribution in [0.3, 0.4) is 0 Å². The number of furan rings is 1. The van der Waals surface area contributed by atoms with Gasteiger partial charge in [-0.25, -0.2) is 0 Å². The van der Waals surface area contributed by atoms with E-state index < -0.39 is 0 Å². The molecule has 0 atom stereocenters. The van der Waals surface area contributed by atoms with Gasteiger partial charge >= 0.3 is 0 Å². The zero-order chi connectivity index (χ0) is 18.3. The van der Waals surface area contributed by atoms with E-state index in [0.29, 0.717) is 12.3 Å². The number of aryl methyl sites for hydroxylation is 3. The Morgan fingerprint density at radius 3 is 2.56 bits per heavy atom. The molecular formula is C19H24N4O2. The molecule has 0 unspecified atom stereocenters. The summed E-state index contributed by atoms with van der Waals surface area (Å²) < 4.78 is 7.92. The van der Waals surface area contributed by atoms with Crippen molar-refractivity contribution in [1.82, 2.24) is 19.7 Å². The second kappa shape index (κ2) is 6.35. The van der Waals surface area contributed by atoms with Crippen molar-refractivity contribution in [2.45, 2.75) is 47.2 Å². The third-order valence-corrected chi connectivity index (χ3v) is 4.61. The van der Waals surface area contributed by atoms with Crippen LogP contribution in [0.2, 0.25) is 0 Å². The summed E-state index contributed by atoms with van der Waals surface area (Å²) in [4.78, 5) is 14.6. The topological polar surface area (TPSA) is 64.2 Å². The highest BCUT2D eigenvalue weighted by Gasteiger charge is 2.24. The van der Waals surface area contributed by atoms with Gasteiger partial charge in [0.15, 0.2) is 11.6 Å². The number of hydrogen-bond acceptors (Lipinski definition) is 4.